The third-order valence-electron chi connectivity index (χ3n) is 4.85. The summed E-state index contributed by atoms with van der Waals surface area (Å²) in [5, 5.41) is 0. The molecule has 0 N–H and O–H groups in total. The maximum atomic E-state index is 13.3. The van der Waals surface area contributed by atoms with Crippen LogP contribution in [0.5, 0.6) is 0 Å². The SMILES string of the molecule is CCCn1ccnc1C(=O)C1(N2CCOCC2)CCCC1. The van der Waals surface area contributed by atoms with Crippen molar-refractivity contribution in [3.63, 3.8) is 0 Å². The third-order valence-corrected chi connectivity index (χ3v) is 4.85. The number of imidazole rings is 1. The van der Waals surface area contributed by atoms with E-state index >= 15 is 0 Å². The largest absolute Gasteiger partial charge is 0.379 e. The summed E-state index contributed by atoms with van der Waals surface area (Å²) in [4.78, 5) is 20.0. The fraction of sp³-hybridized carbons (Fsp3) is 0.750. The van der Waals surface area contributed by atoms with Crippen molar-refractivity contribution in [3.05, 3.63) is 18.2 Å². The van der Waals surface area contributed by atoms with Crippen LogP contribution in [0, 0.1) is 0 Å². The number of hydrogen-bond acceptors (Lipinski definition) is 4. The Kier molecular flexibility index (Phi) is 4.40. The number of morpholine rings is 1. The Morgan fingerprint density at radius 3 is 2.71 bits per heavy atom. The van der Waals surface area contributed by atoms with E-state index in [1.165, 1.54) is 0 Å². The van der Waals surface area contributed by atoms with Gasteiger partial charge in [0.2, 0.25) is 5.78 Å². The van der Waals surface area contributed by atoms with Crippen LogP contribution in [0.1, 0.15) is 49.6 Å². The van der Waals surface area contributed by atoms with Gasteiger partial charge in [0.05, 0.1) is 18.8 Å². The van der Waals surface area contributed by atoms with Gasteiger partial charge in [0.15, 0.2) is 5.82 Å². The minimum Gasteiger partial charge on any atom is -0.379 e. The van der Waals surface area contributed by atoms with Crippen LogP contribution in [0.25, 0.3) is 0 Å². The quantitative estimate of drug-likeness (QED) is 0.780. The van der Waals surface area contributed by atoms with Crippen LogP contribution < -0.4 is 0 Å². The maximum absolute atomic E-state index is 13.3. The summed E-state index contributed by atoms with van der Waals surface area (Å²) in [6, 6.07) is 0. The zero-order valence-electron chi connectivity index (χ0n) is 12.9. The van der Waals surface area contributed by atoms with Crippen LogP contribution in [0.2, 0.25) is 0 Å². The van der Waals surface area contributed by atoms with Gasteiger partial charge < -0.3 is 9.30 Å². The molecular formula is C16H25N3O2. The smallest absolute Gasteiger partial charge is 0.218 e. The fourth-order valence-electron chi connectivity index (χ4n) is 3.79. The molecule has 2 fully saturated rings. The molecule has 0 radical (unpaired) electrons. The molecule has 116 valence electrons. The molecule has 2 heterocycles. The van der Waals surface area contributed by atoms with Crippen LogP contribution in [0.4, 0.5) is 0 Å². The van der Waals surface area contributed by atoms with Crippen molar-refractivity contribution >= 4 is 5.78 Å². The summed E-state index contributed by atoms with van der Waals surface area (Å²) in [6.07, 6.45) is 8.90. The molecule has 1 aliphatic heterocycles. The Morgan fingerprint density at radius 2 is 2.05 bits per heavy atom. The lowest BCUT2D eigenvalue weighted by molar-refractivity contribution is -0.0135. The van der Waals surface area contributed by atoms with Crippen molar-refractivity contribution in [1.82, 2.24) is 14.5 Å². The van der Waals surface area contributed by atoms with Gasteiger partial charge in [-0.1, -0.05) is 19.8 Å². The number of carbonyl (C=O) groups excluding carboxylic acids is 1. The van der Waals surface area contributed by atoms with E-state index in [1.54, 1.807) is 6.20 Å². The van der Waals surface area contributed by atoms with Crippen molar-refractivity contribution in [1.29, 1.82) is 0 Å². The maximum Gasteiger partial charge on any atom is 0.218 e. The Bertz CT molecular complexity index is 485. The minimum absolute atomic E-state index is 0.223. The molecule has 1 saturated carbocycles. The first-order valence-corrected chi connectivity index (χ1v) is 8.16. The first-order valence-electron chi connectivity index (χ1n) is 8.16. The Morgan fingerprint density at radius 1 is 1.33 bits per heavy atom. The van der Waals surface area contributed by atoms with E-state index in [9.17, 15) is 4.79 Å². The summed E-state index contributed by atoms with van der Waals surface area (Å²) in [5.74, 6) is 0.866. The highest BCUT2D eigenvalue weighted by atomic mass is 16.5. The number of ether oxygens (including phenoxy) is 1. The number of nitrogens with zero attached hydrogens (tertiary/aromatic N) is 3. The van der Waals surface area contributed by atoms with Crippen LogP contribution in [0.15, 0.2) is 12.4 Å². The van der Waals surface area contributed by atoms with Crippen molar-refractivity contribution in [2.75, 3.05) is 26.3 Å². The number of hydrogen-bond donors (Lipinski definition) is 0. The fourth-order valence-corrected chi connectivity index (χ4v) is 3.79. The second-order valence-electron chi connectivity index (χ2n) is 6.11. The van der Waals surface area contributed by atoms with Crippen LogP contribution in [-0.2, 0) is 11.3 Å². The highest BCUT2D eigenvalue weighted by Crippen LogP contribution is 2.38. The number of rotatable bonds is 5. The van der Waals surface area contributed by atoms with E-state index in [2.05, 4.69) is 16.8 Å². The van der Waals surface area contributed by atoms with Gasteiger partial charge in [0.25, 0.3) is 0 Å². The van der Waals surface area contributed by atoms with Gasteiger partial charge in [-0.3, -0.25) is 9.69 Å². The molecule has 1 aromatic heterocycles. The molecule has 0 bridgehead atoms. The van der Waals surface area contributed by atoms with Crippen molar-refractivity contribution in [2.45, 2.75) is 51.1 Å². The lowest BCUT2D eigenvalue weighted by Crippen LogP contribution is -2.57. The van der Waals surface area contributed by atoms with Gasteiger partial charge in [0.1, 0.15) is 0 Å². The van der Waals surface area contributed by atoms with Gasteiger partial charge in [-0.25, -0.2) is 4.98 Å². The summed E-state index contributed by atoms with van der Waals surface area (Å²) in [7, 11) is 0. The van der Waals surface area contributed by atoms with E-state index in [4.69, 9.17) is 4.74 Å². The summed E-state index contributed by atoms with van der Waals surface area (Å²) in [5.41, 5.74) is -0.333. The molecule has 5 heteroatoms. The molecule has 1 saturated heterocycles. The Hall–Kier alpha value is -1.20. The molecule has 5 nitrogen and oxygen atoms in total. The average molecular weight is 291 g/mol. The van der Waals surface area contributed by atoms with Crippen LogP contribution >= 0.6 is 0 Å². The number of aromatic nitrogens is 2. The van der Waals surface area contributed by atoms with Crippen LogP contribution in [-0.4, -0.2) is 52.1 Å². The predicted molar refractivity (Wildman–Crippen MR) is 80.4 cm³/mol. The number of carbonyl (C=O) groups is 1. The summed E-state index contributed by atoms with van der Waals surface area (Å²) < 4.78 is 7.48. The van der Waals surface area contributed by atoms with E-state index in [1.807, 2.05) is 10.8 Å². The molecule has 0 amide bonds. The lowest BCUT2D eigenvalue weighted by Gasteiger charge is -2.41. The number of Topliss-reactive ketones (excluding diaryl/α,β-unsaturated/α-hetero) is 1. The molecule has 1 aliphatic carbocycles. The molecule has 1 aromatic rings. The summed E-state index contributed by atoms with van der Waals surface area (Å²) >= 11 is 0. The zero-order valence-corrected chi connectivity index (χ0v) is 12.9. The molecule has 3 rings (SSSR count). The second-order valence-corrected chi connectivity index (χ2v) is 6.11. The van der Waals surface area contributed by atoms with E-state index in [0.29, 0.717) is 5.82 Å². The number of aryl methyl sites for hydroxylation is 1. The van der Waals surface area contributed by atoms with Gasteiger partial charge in [-0.2, -0.15) is 0 Å². The average Bonchev–Trinajstić information content (AvgIpc) is 3.18. The van der Waals surface area contributed by atoms with Gasteiger partial charge >= 0.3 is 0 Å². The van der Waals surface area contributed by atoms with Gasteiger partial charge in [-0.05, 0) is 19.3 Å². The topological polar surface area (TPSA) is 47.4 Å². The lowest BCUT2D eigenvalue weighted by atomic mass is 9.88. The van der Waals surface area contributed by atoms with Crippen molar-refractivity contribution < 1.29 is 9.53 Å². The predicted octanol–water partition coefficient (Wildman–Crippen LogP) is 2.12. The normalized spacial score (nSPS) is 22.5. The third kappa shape index (κ3) is 2.64. The van der Waals surface area contributed by atoms with Gasteiger partial charge in [0, 0.05) is 32.0 Å². The Labute approximate surface area is 126 Å². The molecule has 0 aromatic carbocycles. The summed E-state index contributed by atoms with van der Waals surface area (Å²) in [6.45, 7) is 6.18. The second kappa shape index (κ2) is 6.28. The number of ketones is 1. The molecular weight excluding hydrogens is 266 g/mol. The highest BCUT2D eigenvalue weighted by molar-refractivity contribution is 6.00. The molecule has 0 atom stereocenters. The van der Waals surface area contributed by atoms with Gasteiger partial charge in [-0.15, -0.1) is 0 Å². The minimum atomic E-state index is -0.333. The first-order chi connectivity index (χ1) is 10.3. The molecule has 0 spiro atoms. The van der Waals surface area contributed by atoms with E-state index < -0.39 is 0 Å². The molecule has 21 heavy (non-hydrogen) atoms. The van der Waals surface area contributed by atoms with Crippen molar-refractivity contribution in [3.8, 4) is 0 Å². The zero-order chi connectivity index (χ0) is 14.7. The molecule has 2 aliphatic rings. The highest BCUT2D eigenvalue weighted by Gasteiger charge is 2.47. The van der Waals surface area contributed by atoms with E-state index in [0.717, 1.165) is 65.0 Å². The van der Waals surface area contributed by atoms with E-state index in [-0.39, 0.29) is 11.3 Å². The Balaban J connectivity index is 1.89. The van der Waals surface area contributed by atoms with Crippen molar-refractivity contribution in [2.24, 2.45) is 0 Å². The molecule has 0 unspecified atom stereocenters. The standard InChI is InChI=1S/C16H25N3O2/c1-2-8-18-9-7-17-15(18)14(20)16(5-3-4-6-16)19-10-12-21-13-11-19/h7,9H,2-6,8,10-13H2,1H3. The first kappa shape index (κ1) is 14.7. The monoisotopic (exact) mass is 291 g/mol. The van der Waals surface area contributed by atoms with Crippen LogP contribution in [0.3, 0.4) is 0 Å².